The highest BCUT2D eigenvalue weighted by atomic mass is 16.7. The van der Waals surface area contributed by atoms with E-state index in [0.717, 1.165) is 64.6 Å². The predicted molar refractivity (Wildman–Crippen MR) is 170 cm³/mol. The first-order valence-electron chi connectivity index (χ1n) is 17.6. The van der Waals surface area contributed by atoms with Crippen molar-refractivity contribution in [2.45, 2.75) is 137 Å². The van der Waals surface area contributed by atoms with Gasteiger partial charge in [0.25, 0.3) is 0 Å². The highest BCUT2D eigenvalue weighted by Gasteiger charge is 2.37. The summed E-state index contributed by atoms with van der Waals surface area (Å²) in [6.45, 7) is 12.4. The van der Waals surface area contributed by atoms with Crippen LogP contribution in [0, 0.1) is 23.2 Å². The summed E-state index contributed by atoms with van der Waals surface area (Å²) >= 11 is 0. The van der Waals surface area contributed by atoms with E-state index < -0.39 is 12.1 Å². The second-order valence-corrected chi connectivity index (χ2v) is 13.6. The van der Waals surface area contributed by atoms with Crippen molar-refractivity contribution < 1.29 is 33.3 Å². The smallest absolute Gasteiger partial charge is 0.465 e. The van der Waals surface area contributed by atoms with Crippen LogP contribution in [-0.2, 0) is 28.5 Å². The van der Waals surface area contributed by atoms with Crippen LogP contribution >= 0.6 is 0 Å². The highest BCUT2D eigenvalue weighted by Crippen LogP contribution is 2.45. The van der Waals surface area contributed by atoms with Gasteiger partial charge >= 0.3 is 18.1 Å². The molecule has 0 bridgehead atoms. The van der Waals surface area contributed by atoms with E-state index in [2.05, 4.69) is 32.6 Å². The summed E-state index contributed by atoms with van der Waals surface area (Å²) in [7, 11) is 0. The molecule has 0 spiro atoms. The molecule has 0 aromatic rings. The molecule has 0 radical (unpaired) electrons. The summed E-state index contributed by atoms with van der Waals surface area (Å²) in [6, 6.07) is 0. The van der Waals surface area contributed by atoms with E-state index in [1.54, 1.807) is 0 Å². The third kappa shape index (κ3) is 16.7. The van der Waals surface area contributed by atoms with Gasteiger partial charge in [-0.25, -0.2) is 4.79 Å². The van der Waals surface area contributed by atoms with Crippen LogP contribution in [0.25, 0.3) is 0 Å². The summed E-state index contributed by atoms with van der Waals surface area (Å²) in [5.74, 6) is 0.253. The van der Waals surface area contributed by atoms with Gasteiger partial charge in [0.05, 0.1) is 18.9 Å². The Hall–Kier alpha value is -1.83. The number of ether oxygens (including phenoxy) is 4. The maximum atomic E-state index is 13.1. The second kappa shape index (κ2) is 21.8. The van der Waals surface area contributed by atoms with Crippen molar-refractivity contribution in [3.63, 3.8) is 0 Å². The maximum absolute atomic E-state index is 13.1. The van der Waals surface area contributed by atoms with E-state index in [-0.39, 0.29) is 37.2 Å². The Bertz CT molecular complexity index is 770. The molecule has 8 nitrogen and oxygen atoms in total. The average Bonchev–Trinajstić information content (AvgIpc) is 3.46. The van der Waals surface area contributed by atoms with Gasteiger partial charge in [-0.15, -0.1) is 0 Å². The largest absolute Gasteiger partial charge is 0.508 e. The van der Waals surface area contributed by atoms with Gasteiger partial charge in [-0.3, -0.25) is 9.59 Å². The molecular formula is C35H63NO7. The van der Waals surface area contributed by atoms with Gasteiger partial charge < -0.3 is 23.8 Å². The summed E-state index contributed by atoms with van der Waals surface area (Å²) < 4.78 is 21.9. The molecule has 8 heteroatoms. The van der Waals surface area contributed by atoms with Crippen LogP contribution in [0.4, 0.5) is 4.79 Å². The predicted octanol–water partition coefficient (Wildman–Crippen LogP) is 8.10. The Labute approximate surface area is 262 Å². The lowest BCUT2D eigenvalue weighted by molar-refractivity contribution is -0.152. The van der Waals surface area contributed by atoms with Crippen LogP contribution in [-0.4, -0.2) is 69.1 Å². The van der Waals surface area contributed by atoms with Gasteiger partial charge in [0.1, 0.15) is 19.8 Å². The van der Waals surface area contributed by atoms with Crippen molar-refractivity contribution in [1.82, 2.24) is 4.90 Å². The first-order valence-corrected chi connectivity index (χ1v) is 17.6. The zero-order chi connectivity index (χ0) is 31.3. The Kier molecular flexibility index (Phi) is 18.9. The number of likely N-dealkylation sites (tertiary alicyclic amines) is 1. The van der Waals surface area contributed by atoms with Gasteiger partial charge in [-0.1, -0.05) is 79.1 Å². The normalized spacial score (nSPS) is 23.3. The van der Waals surface area contributed by atoms with Gasteiger partial charge in [0.2, 0.25) is 0 Å². The molecule has 4 atom stereocenters. The van der Waals surface area contributed by atoms with Crippen LogP contribution < -0.4 is 0 Å². The topological polar surface area (TPSA) is 91.4 Å². The van der Waals surface area contributed by atoms with E-state index in [4.69, 9.17) is 18.9 Å². The fourth-order valence-corrected chi connectivity index (χ4v) is 6.79. The van der Waals surface area contributed by atoms with Gasteiger partial charge in [-0.2, -0.15) is 0 Å². The van der Waals surface area contributed by atoms with Gasteiger partial charge in [0.15, 0.2) is 0 Å². The number of unbranched alkanes of at least 4 members (excludes halogenated alkanes) is 6. The van der Waals surface area contributed by atoms with Crippen molar-refractivity contribution in [3.8, 4) is 0 Å². The minimum atomic E-state index is -0.737. The molecule has 0 aromatic heterocycles. The van der Waals surface area contributed by atoms with Crippen molar-refractivity contribution in [2.75, 3.05) is 46.1 Å². The molecule has 250 valence electrons. The van der Waals surface area contributed by atoms with Crippen molar-refractivity contribution >= 4 is 18.1 Å². The lowest BCUT2D eigenvalue weighted by atomic mass is 9.71. The Balaban J connectivity index is 1.80. The fraction of sp³-hybridized carbons (Fsp3) is 0.914. The van der Waals surface area contributed by atoms with Crippen LogP contribution in [0.1, 0.15) is 137 Å². The van der Waals surface area contributed by atoms with Crippen molar-refractivity contribution in [2.24, 2.45) is 23.2 Å². The maximum Gasteiger partial charge on any atom is 0.508 e. The molecule has 1 saturated carbocycles. The Morgan fingerprint density at radius 3 is 1.95 bits per heavy atom. The summed E-state index contributed by atoms with van der Waals surface area (Å²) in [5.41, 5.74) is -0.0414. The van der Waals surface area contributed by atoms with Crippen molar-refractivity contribution in [1.29, 1.82) is 0 Å². The number of carbonyl (C=O) groups excluding carboxylic acids is 3. The molecule has 1 saturated heterocycles. The molecule has 3 unspecified atom stereocenters. The van der Waals surface area contributed by atoms with Crippen LogP contribution in [0.15, 0.2) is 0 Å². The standard InChI is InChI=1S/C35H63NO7/c1-5-7-8-9-10-11-12-16-32(37)41-26-31(28-43-34(39)40-22-15-21-36-19-13-14-20-36)27-42-33(38)25-35(6-2)23-29(3)17-18-30(4)24-35/h29-31H,5-28H2,1-4H3/t29-,30?,31?,35?/m1/s1. The molecule has 2 aliphatic rings. The zero-order valence-corrected chi connectivity index (χ0v) is 28.0. The fourth-order valence-electron chi connectivity index (χ4n) is 6.79. The minimum Gasteiger partial charge on any atom is -0.465 e. The second-order valence-electron chi connectivity index (χ2n) is 13.6. The lowest BCUT2D eigenvalue weighted by Crippen LogP contribution is -2.30. The first-order chi connectivity index (χ1) is 20.7. The van der Waals surface area contributed by atoms with E-state index >= 15 is 0 Å². The third-order valence-electron chi connectivity index (χ3n) is 9.40. The number of carbonyl (C=O) groups is 3. The molecule has 0 aromatic carbocycles. The monoisotopic (exact) mass is 609 g/mol. The summed E-state index contributed by atoms with van der Waals surface area (Å²) in [5, 5.41) is 0. The molecule has 1 aliphatic heterocycles. The Morgan fingerprint density at radius 2 is 1.33 bits per heavy atom. The molecule has 2 rings (SSSR count). The van der Waals surface area contributed by atoms with Crippen LogP contribution in [0.2, 0.25) is 0 Å². The zero-order valence-electron chi connectivity index (χ0n) is 28.0. The molecular weight excluding hydrogens is 546 g/mol. The van der Waals surface area contributed by atoms with Gasteiger partial charge in [0, 0.05) is 13.0 Å². The molecule has 0 amide bonds. The molecule has 2 fully saturated rings. The average molecular weight is 610 g/mol. The number of hydrogen-bond donors (Lipinski definition) is 0. The third-order valence-corrected chi connectivity index (χ3v) is 9.40. The summed E-state index contributed by atoms with van der Waals surface area (Å²) in [4.78, 5) is 40.1. The summed E-state index contributed by atoms with van der Waals surface area (Å²) in [6.07, 6.45) is 16.6. The number of nitrogens with zero attached hydrogens (tertiary/aromatic N) is 1. The van der Waals surface area contributed by atoms with E-state index in [0.29, 0.717) is 31.3 Å². The van der Waals surface area contributed by atoms with Crippen LogP contribution in [0.3, 0.4) is 0 Å². The highest BCUT2D eigenvalue weighted by molar-refractivity contribution is 5.70. The number of esters is 2. The SMILES string of the molecule is CCCCCCCCCC(=O)OCC(COC(=O)CC1(CC)CC(C)CC[C@@H](C)C1)COC(=O)OCCCN1CCCC1. The number of rotatable bonds is 21. The Morgan fingerprint density at radius 1 is 0.744 bits per heavy atom. The van der Waals surface area contributed by atoms with E-state index in [1.165, 1.54) is 51.4 Å². The first kappa shape index (κ1) is 37.4. The quantitative estimate of drug-likeness (QED) is 0.0558. The van der Waals surface area contributed by atoms with Gasteiger partial charge in [-0.05, 0) is 75.3 Å². The van der Waals surface area contributed by atoms with Crippen molar-refractivity contribution in [3.05, 3.63) is 0 Å². The molecule has 1 heterocycles. The molecule has 1 aliphatic carbocycles. The van der Waals surface area contributed by atoms with Crippen LogP contribution in [0.5, 0.6) is 0 Å². The minimum absolute atomic E-state index is 0.0318. The molecule has 0 N–H and O–H groups in total. The van der Waals surface area contributed by atoms with E-state index in [1.807, 2.05) is 0 Å². The molecule has 43 heavy (non-hydrogen) atoms. The van der Waals surface area contributed by atoms with E-state index in [9.17, 15) is 14.4 Å². The number of hydrogen-bond acceptors (Lipinski definition) is 8. The lowest BCUT2D eigenvalue weighted by Gasteiger charge is -2.34.